The third-order valence-corrected chi connectivity index (χ3v) is 3.50. The molecule has 5 nitrogen and oxygen atoms in total. The number of cyclic esters (lactones) is 1. The van der Waals surface area contributed by atoms with E-state index in [4.69, 9.17) is 9.47 Å². The van der Waals surface area contributed by atoms with E-state index in [9.17, 15) is 4.79 Å². The molecule has 114 valence electrons. The molecule has 1 N–H and O–H groups in total. The van der Waals surface area contributed by atoms with E-state index in [2.05, 4.69) is 5.32 Å². The first-order chi connectivity index (χ1) is 10.8. The summed E-state index contributed by atoms with van der Waals surface area (Å²) in [5, 5.41) is 3.06. The summed E-state index contributed by atoms with van der Waals surface area (Å²) in [4.78, 5) is 13.6. The van der Waals surface area contributed by atoms with Gasteiger partial charge in [0.1, 0.15) is 12.4 Å². The van der Waals surface area contributed by atoms with Crippen molar-refractivity contribution in [3.05, 3.63) is 54.6 Å². The van der Waals surface area contributed by atoms with Gasteiger partial charge >= 0.3 is 6.09 Å². The van der Waals surface area contributed by atoms with Gasteiger partial charge in [-0.05, 0) is 24.3 Å². The lowest BCUT2D eigenvalue weighted by Gasteiger charge is -2.13. The first-order valence-electron chi connectivity index (χ1n) is 7.20. The van der Waals surface area contributed by atoms with Crippen molar-refractivity contribution in [2.24, 2.45) is 0 Å². The number of nitrogens with one attached hydrogen (secondary N) is 1. The summed E-state index contributed by atoms with van der Waals surface area (Å²) < 4.78 is 11.1. The smallest absolute Gasteiger partial charge is 0.414 e. The Kier molecular flexibility index (Phi) is 4.14. The molecule has 0 bridgehead atoms. The fourth-order valence-electron chi connectivity index (χ4n) is 2.36. The van der Waals surface area contributed by atoms with Gasteiger partial charge in [-0.2, -0.15) is 0 Å². The van der Waals surface area contributed by atoms with Gasteiger partial charge in [0, 0.05) is 24.5 Å². The summed E-state index contributed by atoms with van der Waals surface area (Å²) in [6, 6.07) is 17.2. The van der Waals surface area contributed by atoms with E-state index in [0.717, 1.165) is 17.1 Å². The van der Waals surface area contributed by atoms with E-state index in [1.807, 2.05) is 61.6 Å². The van der Waals surface area contributed by atoms with E-state index in [-0.39, 0.29) is 12.2 Å². The highest BCUT2D eigenvalue weighted by molar-refractivity contribution is 5.89. The number of benzene rings is 2. The number of rotatable bonds is 5. The minimum Gasteiger partial charge on any atom is -0.490 e. The van der Waals surface area contributed by atoms with E-state index < -0.39 is 0 Å². The van der Waals surface area contributed by atoms with E-state index in [1.165, 1.54) is 0 Å². The Morgan fingerprint density at radius 1 is 1.23 bits per heavy atom. The molecule has 1 aliphatic heterocycles. The van der Waals surface area contributed by atoms with E-state index in [1.54, 1.807) is 4.90 Å². The molecule has 1 amide bonds. The monoisotopic (exact) mass is 298 g/mol. The third-order valence-electron chi connectivity index (χ3n) is 3.50. The van der Waals surface area contributed by atoms with Crippen LogP contribution in [0.1, 0.15) is 0 Å². The van der Waals surface area contributed by atoms with Crippen LogP contribution in [0.4, 0.5) is 16.2 Å². The third kappa shape index (κ3) is 3.14. The van der Waals surface area contributed by atoms with Crippen LogP contribution >= 0.6 is 0 Å². The topological polar surface area (TPSA) is 50.8 Å². The molecule has 1 saturated heterocycles. The van der Waals surface area contributed by atoms with Crippen molar-refractivity contribution in [2.45, 2.75) is 6.10 Å². The van der Waals surface area contributed by atoms with Crippen LogP contribution < -0.4 is 15.0 Å². The number of hydrogen-bond donors (Lipinski definition) is 1. The van der Waals surface area contributed by atoms with Gasteiger partial charge in [0.15, 0.2) is 6.10 Å². The summed E-state index contributed by atoms with van der Waals surface area (Å²) in [5.41, 5.74) is 1.82. The van der Waals surface area contributed by atoms with E-state index in [0.29, 0.717) is 13.2 Å². The summed E-state index contributed by atoms with van der Waals surface area (Å²) in [5.74, 6) is 0.751. The number of ether oxygens (including phenoxy) is 2. The predicted octanol–water partition coefficient (Wildman–Crippen LogP) is 3.13. The number of hydrogen-bond acceptors (Lipinski definition) is 4. The van der Waals surface area contributed by atoms with Crippen LogP contribution in [-0.2, 0) is 4.74 Å². The molecule has 22 heavy (non-hydrogen) atoms. The molecule has 0 saturated carbocycles. The Labute approximate surface area is 129 Å². The Morgan fingerprint density at radius 3 is 2.82 bits per heavy atom. The molecular formula is C17H18N2O3. The largest absolute Gasteiger partial charge is 0.490 e. The standard InChI is InChI=1S/C17H18N2O3/c1-18-13-6-5-9-15(10-13)21-12-16-11-19(17(20)22-16)14-7-3-2-4-8-14/h2-10,16,18H,11-12H2,1H3. The Morgan fingerprint density at radius 2 is 2.05 bits per heavy atom. The average molecular weight is 298 g/mol. The predicted molar refractivity (Wildman–Crippen MR) is 85.5 cm³/mol. The minimum absolute atomic E-state index is 0.272. The van der Waals surface area contributed by atoms with Crippen molar-refractivity contribution in [2.75, 3.05) is 30.4 Å². The number of carbonyl (C=O) groups is 1. The van der Waals surface area contributed by atoms with Crippen molar-refractivity contribution in [1.29, 1.82) is 0 Å². The molecule has 1 aliphatic rings. The summed E-state index contributed by atoms with van der Waals surface area (Å²) in [6.45, 7) is 0.830. The van der Waals surface area contributed by atoms with Crippen molar-refractivity contribution in [1.82, 2.24) is 0 Å². The number of carbonyl (C=O) groups excluding carboxylic acids is 1. The molecule has 0 aromatic heterocycles. The van der Waals surface area contributed by atoms with Crippen molar-refractivity contribution < 1.29 is 14.3 Å². The second kappa shape index (κ2) is 6.39. The van der Waals surface area contributed by atoms with Gasteiger partial charge in [-0.3, -0.25) is 4.90 Å². The highest BCUT2D eigenvalue weighted by Gasteiger charge is 2.32. The fourth-order valence-corrected chi connectivity index (χ4v) is 2.36. The zero-order valence-electron chi connectivity index (χ0n) is 12.4. The van der Waals surface area contributed by atoms with Gasteiger partial charge in [0.2, 0.25) is 0 Å². The zero-order chi connectivity index (χ0) is 15.4. The van der Waals surface area contributed by atoms with Gasteiger partial charge in [0.25, 0.3) is 0 Å². The van der Waals surface area contributed by atoms with Crippen LogP contribution in [0.3, 0.4) is 0 Å². The number of para-hydroxylation sites is 1. The Hall–Kier alpha value is -2.69. The first kappa shape index (κ1) is 14.3. The molecule has 2 aromatic rings. The van der Waals surface area contributed by atoms with E-state index >= 15 is 0 Å². The molecule has 5 heteroatoms. The molecule has 1 heterocycles. The number of anilines is 2. The fraction of sp³-hybridized carbons (Fsp3) is 0.235. The molecule has 1 atom stereocenters. The second-order valence-electron chi connectivity index (χ2n) is 5.04. The van der Waals surface area contributed by atoms with Crippen molar-refractivity contribution in [3.63, 3.8) is 0 Å². The van der Waals surface area contributed by atoms with Gasteiger partial charge in [-0.1, -0.05) is 24.3 Å². The number of amides is 1. The summed E-state index contributed by atoms with van der Waals surface area (Å²) >= 11 is 0. The Bertz CT molecular complexity index is 645. The molecule has 2 aromatic carbocycles. The average Bonchev–Trinajstić information content (AvgIpc) is 2.95. The molecule has 0 aliphatic carbocycles. The SMILES string of the molecule is CNc1cccc(OCC2CN(c3ccccc3)C(=O)O2)c1. The summed E-state index contributed by atoms with van der Waals surface area (Å²) in [6.07, 6.45) is -0.602. The summed E-state index contributed by atoms with van der Waals surface area (Å²) in [7, 11) is 1.86. The van der Waals surface area contributed by atoms with Crippen LogP contribution in [0.25, 0.3) is 0 Å². The van der Waals surface area contributed by atoms with Gasteiger partial charge in [-0.25, -0.2) is 4.79 Å². The van der Waals surface area contributed by atoms with Crippen molar-refractivity contribution >= 4 is 17.5 Å². The lowest BCUT2D eigenvalue weighted by atomic mass is 10.3. The molecule has 1 unspecified atom stereocenters. The maximum Gasteiger partial charge on any atom is 0.414 e. The minimum atomic E-state index is -0.330. The van der Waals surface area contributed by atoms with Crippen LogP contribution in [0.2, 0.25) is 0 Å². The van der Waals surface area contributed by atoms with Crippen LogP contribution in [0, 0.1) is 0 Å². The molecule has 1 fully saturated rings. The van der Waals surface area contributed by atoms with Crippen molar-refractivity contribution in [3.8, 4) is 5.75 Å². The molecular weight excluding hydrogens is 280 g/mol. The number of nitrogens with zero attached hydrogens (tertiary/aromatic N) is 1. The lowest BCUT2D eigenvalue weighted by molar-refractivity contribution is 0.105. The normalized spacial score (nSPS) is 17.2. The zero-order valence-corrected chi connectivity index (χ0v) is 12.4. The van der Waals surface area contributed by atoms with Crippen LogP contribution in [0.5, 0.6) is 5.75 Å². The Balaban J connectivity index is 1.59. The second-order valence-corrected chi connectivity index (χ2v) is 5.04. The van der Waals surface area contributed by atoms with Crippen LogP contribution in [-0.4, -0.2) is 32.4 Å². The molecule has 0 spiro atoms. The van der Waals surface area contributed by atoms with Gasteiger partial charge in [0.05, 0.1) is 6.54 Å². The van der Waals surface area contributed by atoms with Crippen LogP contribution in [0.15, 0.2) is 54.6 Å². The quantitative estimate of drug-likeness (QED) is 0.921. The highest BCUT2D eigenvalue weighted by atomic mass is 16.6. The maximum absolute atomic E-state index is 11.9. The lowest BCUT2D eigenvalue weighted by Crippen LogP contribution is -2.26. The molecule has 3 rings (SSSR count). The highest BCUT2D eigenvalue weighted by Crippen LogP contribution is 2.22. The van der Waals surface area contributed by atoms with Gasteiger partial charge < -0.3 is 14.8 Å². The van der Waals surface area contributed by atoms with Gasteiger partial charge in [-0.15, -0.1) is 0 Å². The first-order valence-corrected chi connectivity index (χ1v) is 7.20. The molecule has 0 radical (unpaired) electrons. The maximum atomic E-state index is 11.9.